The molecule has 0 unspecified atom stereocenters. The van der Waals surface area contributed by atoms with Crippen LogP contribution in [0.2, 0.25) is 0 Å². The van der Waals surface area contributed by atoms with Crippen molar-refractivity contribution in [2.75, 3.05) is 52.8 Å². The molecule has 1 aromatic rings. The van der Waals surface area contributed by atoms with Crippen LogP contribution < -0.4 is 10.1 Å². The molecule has 9 nitrogen and oxygen atoms in total. The highest BCUT2D eigenvalue weighted by molar-refractivity contribution is 7.89. The molecule has 29 heavy (non-hydrogen) atoms. The van der Waals surface area contributed by atoms with Crippen LogP contribution in [0.5, 0.6) is 5.75 Å². The number of likely N-dealkylation sites (tertiary alicyclic amines) is 1. The van der Waals surface area contributed by atoms with E-state index in [1.54, 1.807) is 6.92 Å². The number of sulfonamides is 1. The number of benzene rings is 1. The van der Waals surface area contributed by atoms with Gasteiger partial charge in [0, 0.05) is 20.6 Å². The third-order valence-electron chi connectivity index (χ3n) is 4.72. The van der Waals surface area contributed by atoms with E-state index in [0.717, 1.165) is 17.1 Å². The van der Waals surface area contributed by atoms with Crippen molar-refractivity contribution in [2.24, 2.45) is 5.92 Å². The van der Waals surface area contributed by atoms with Crippen LogP contribution >= 0.6 is 0 Å². The number of amides is 1. The summed E-state index contributed by atoms with van der Waals surface area (Å²) >= 11 is 0. The zero-order valence-corrected chi connectivity index (χ0v) is 18.1. The number of ether oxygens (including phenoxy) is 2. The van der Waals surface area contributed by atoms with Gasteiger partial charge in [0.2, 0.25) is 15.9 Å². The molecule has 162 valence electrons. The molecule has 0 bridgehead atoms. The van der Waals surface area contributed by atoms with E-state index in [0.29, 0.717) is 25.4 Å². The molecule has 1 saturated heterocycles. The lowest BCUT2D eigenvalue weighted by Gasteiger charge is -2.30. The second kappa shape index (κ2) is 10.0. The van der Waals surface area contributed by atoms with E-state index in [1.165, 1.54) is 39.4 Å². The lowest BCUT2D eigenvalue weighted by Crippen LogP contribution is -2.43. The summed E-state index contributed by atoms with van der Waals surface area (Å²) in [6, 6.07) is 4.31. The Labute approximate surface area is 172 Å². The normalized spacial score (nSPS) is 17.8. The summed E-state index contributed by atoms with van der Waals surface area (Å²) in [6.07, 6.45) is 1.55. The van der Waals surface area contributed by atoms with Gasteiger partial charge >= 0.3 is 5.97 Å². The fourth-order valence-electron chi connectivity index (χ4n) is 3.20. The number of hydrogen-bond donors (Lipinski definition) is 1. The van der Waals surface area contributed by atoms with Gasteiger partial charge in [0.25, 0.3) is 0 Å². The number of anilines is 1. The molecule has 0 aliphatic carbocycles. The van der Waals surface area contributed by atoms with Crippen LogP contribution in [0.4, 0.5) is 5.69 Å². The number of methoxy groups -OCH3 is 1. The first-order valence-electron chi connectivity index (χ1n) is 9.48. The van der Waals surface area contributed by atoms with Gasteiger partial charge in [0.1, 0.15) is 5.75 Å². The Morgan fingerprint density at radius 1 is 1.31 bits per heavy atom. The molecule has 1 aliphatic heterocycles. The van der Waals surface area contributed by atoms with E-state index < -0.39 is 10.0 Å². The molecule has 10 heteroatoms. The van der Waals surface area contributed by atoms with Crippen molar-refractivity contribution >= 4 is 27.6 Å². The molecule has 1 aromatic carbocycles. The number of nitrogens with one attached hydrogen (secondary N) is 1. The third kappa shape index (κ3) is 5.91. The second-order valence-corrected chi connectivity index (χ2v) is 9.18. The van der Waals surface area contributed by atoms with Gasteiger partial charge in [-0.25, -0.2) is 12.7 Å². The van der Waals surface area contributed by atoms with Crippen LogP contribution in [0.15, 0.2) is 23.1 Å². The quantitative estimate of drug-likeness (QED) is 0.621. The molecule has 1 amide bonds. The van der Waals surface area contributed by atoms with Crippen LogP contribution in [0.25, 0.3) is 0 Å². The Morgan fingerprint density at radius 3 is 2.66 bits per heavy atom. The second-order valence-electron chi connectivity index (χ2n) is 7.02. The summed E-state index contributed by atoms with van der Waals surface area (Å²) in [6.45, 7) is 3.35. The van der Waals surface area contributed by atoms with Crippen LogP contribution in [0, 0.1) is 5.92 Å². The first-order valence-corrected chi connectivity index (χ1v) is 10.9. The number of piperidine rings is 1. The molecule has 1 aliphatic rings. The van der Waals surface area contributed by atoms with Crippen molar-refractivity contribution < 1.29 is 27.5 Å². The van der Waals surface area contributed by atoms with Crippen molar-refractivity contribution in [3.05, 3.63) is 18.2 Å². The zero-order chi connectivity index (χ0) is 21.6. The molecule has 1 heterocycles. The fourth-order valence-corrected chi connectivity index (χ4v) is 4.13. The topological polar surface area (TPSA) is 105 Å². The molecule has 1 fully saturated rings. The number of carbonyl (C=O) groups is 2. The summed E-state index contributed by atoms with van der Waals surface area (Å²) < 4.78 is 36.1. The highest BCUT2D eigenvalue weighted by Gasteiger charge is 2.28. The molecule has 0 aromatic heterocycles. The predicted octanol–water partition coefficient (Wildman–Crippen LogP) is 1.16. The maximum absolute atomic E-state index is 12.6. The number of hydrogen-bond acceptors (Lipinski definition) is 7. The van der Waals surface area contributed by atoms with Crippen molar-refractivity contribution in [1.82, 2.24) is 9.21 Å². The average Bonchev–Trinajstić information content (AvgIpc) is 2.68. The molecule has 0 radical (unpaired) electrons. The Morgan fingerprint density at radius 2 is 2.03 bits per heavy atom. The predicted molar refractivity (Wildman–Crippen MR) is 108 cm³/mol. The number of carbonyl (C=O) groups excluding carboxylic acids is 2. The Balaban J connectivity index is 2.09. The SMILES string of the molecule is CCOC(=O)[C@H]1CCCN(CC(=O)Nc2cc(S(=O)(=O)N(C)C)ccc2OC)C1. The van der Waals surface area contributed by atoms with E-state index in [4.69, 9.17) is 9.47 Å². The van der Waals surface area contributed by atoms with Crippen LogP contribution in [-0.2, 0) is 24.3 Å². The lowest BCUT2D eigenvalue weighted by atomic mass is 9.98. The van der Waals surface area contributed by atoms with Gasteiger partial charge in [-0.3, -0.25) is 14.5 Å². The van der Waals surface area contributed by atoms with E-state index in [2.05, 4.69) is 5.32 Å². The minimum absolute atomic E-state index is 0.0546. The number of rotatable bonds is 8. The first-order chi connectivity index (χ1) is 13.7. The molecular weight excluding hydrogens is 398 g/mol. The van der Waals surface area contributed by atoms with Gasteiger partial charge in [-0.1, -0.05) is 0 Å². The van der Waals surface area contributed by atoms with Crippen molar-refractivity contribution in [2.45, 2.75) is 24.7 Å². The molecule has 2 rings (SSSR count). The number of nitrogens with zero attached hydrogens (tertiary/aromatic N) is 2. The van der Waals surface area contributed by atoms with Crippen molar-refractivity contribution in [3.63, 3.8) is 0 Å². The Hall–Kier alpha value is -2.17. The van der Waals surface area contributed by atoms with Crippen LogP contribution in [0.1, 0.15) is 19.8 Å². The minimum Gasteiger partial charge on any atom is -0.495 e. The monoisotopic (exact) mass is 427 g/mol. The first kappa shape index (κ1) is 23.1. The van der Waals surface area contributed by atoms with E-state index in [-0.39, 0.29) is 34.9 Å². The standard InChI is InChI=1S/C19H29N3O6S/c1-5-28-19(24)14-7-6-10-22(12-14)13-18(23)20-16-11-15(8-9-17(16)27-4)29(25,26)21(2)3/h8-9,11,14H,5-7,10,12-13H2,1-4H3,(H,20,23)/t14-/m0/s1. The highest BCUT2D eigenvalue weighted by atomic mass is 32.2. The Kier molecular flexibility index (Phi) is 8.00. The van der Waals surface area contributed by atoms with Gasteiger partial charge in [-0.05, 0) is 44.5 Å². The van der Waals surface area contributed by atoms with Gasteiger partial charge < -0.3 is 14.8 Å². The summed E-state index contributed by atoms with van der Waals surface area (Å²) in [5, 5.41) is 2.72. The Bertz CT molecular complexity index is 840. The van der Waals surface area contributed by atoms with Gasteiger partial charge in [-0.15, -0.1) is 0 Å². The van der Waals surface area contributed by atoms with E-state index in [9.17, 15) is 18.0 Å². The summed E-state index contributed by atoms with van der Waals surface area (Å²) in [4.78, 5) is 26.5. The van der Waals surface area contributed by atoms with Crippen molar-refractivity contribution in [1.29, 1.82) is 0 Å². The lowest BCUT2D eigenvalue weighted by molar-refractivity contribution is -0.150. The largest absolute Gasteiger partial charge is 0.495 e. The molecule has 0 saturated carbocycles. The summed E-state index contributed by atoms with van der Waals surface area (Å²) in [5.74, 6) is -0.424. The molecule has 1 atom stereocenters. The molecule has 0 spiro atoms. The van der Waals surface area contributed by atoms with E-state index in [1.807, 2.05) is 4.90 Å². The van der Waals surface area contributed by atoms with Gasteiger partial charge in [0.15, 0.2) is 0 Å². The molecular formula is C19H29N3O6S. The van der Waals surface area contributed by atoms with E-state index >= 15 is 0 Å². The van der Waals surface area contributed by atoms with Crippen molar-refractivity contribution in [3.8, 4) is 5.75 Å². The minimum atomic E-state index is -3.65. The maximum atomic E-state index is 12.6. The highest BCUT2D eigenvalue weighted by Crippen LogP contribution is 2.28. The van der Waals surface area contributed by atoms with Crippen LogP contribution in [-0.4, -0.2) is 76.9 Å². The number of esters is 1. The zero-order valence-electron chi connectivity index (χ0n) is 17.3. The third-order valence-corrected chi connectivity index (χ3v) is 6.53. The maximum Gasteiger partial charge on any atom is 0.310 e. The van der Waals surface area contributed by atoms with Crippen LogP contribution in [0.3, 0.4) is 0 Å². The fraction of sp³-hybridized carbons (Fsp3) is 0.579. The summed E-state index contributed by atoms with van der Waals surface area (Å²) in [7, 11) is 0.676. The smallest absolute Gasteiger partial charge is 0.310 e. The summed E-state index contributed by atoms with van der Waals surface area (Å²) in [5.41, 5.74) is 0.277. The average molecular weight is 428 g/mol. The van der Waals surface area contributed by atoms with Gasteiger partial charge in [0.05, 0.1) is 36.8 Å². The van der Waals surface area contributed by atoms with Gasteiger partial charge in [-0.2, -0.15) is 0 Å². The molecule has 1 N–H and O–H groups in total.